The molecular formula is C13H16N2OS. The van der Waals surface area contributed by atoms with Gasteiger partial charge in [0.1, 0.15) is 17.4 Å². The van der Waals surface area contributed by atoms with Crippen molar-refractivity contribution in [2.75, 3.05) is 6.54 Å². The first-order chi connectivity index (χ1) is 8.29. The van der Waals surface area contributed by atoms with Gasteiger partial charge < -0.3 is 10.5 Å². The van der Waals surface area contributed by atoms with Crippen LogP contribution in [0.15, 0.2) is 29.6 Å². The Labute approximate surface area is 105 Å². The molecule has 0 radical (unpaired) electrons. The molecular weight excluding hydrogens is 232 g/mol. The molecule has 4 heteroatoms. The first kappa shape index (κ1) is 12.1. The fraction of sp³-hybridized carbons (Fsp3) is 0.308. The Morgan fingerprint density at radius 3 is 2.88 bits per heavy atom. The number of benzene rings is 1. The van der Waals surface area contributed by atoms with Crippen molar-refractivity contribution in [2.24, 2.45) is 5.73 Å². The van der Waals surface area contributed by atoms with E-state index < -0.39 is 0 Å². The molecule has 17 heavy (non-hydrogen) atoms. The standard InChI is InChI=1S/C13H16N2OS/c1-10-9-17-13(15-10)8-16-12-5-3-2-4-11(12)6-7-14/h2-5,9H,6-8,14H2,1H3. The summed E-state index contributed by atoms with van der Waals surface area (Å²) in [5.41, 5.74) is 7.78. The summed E-state index contributed by atoms with van der Waals surface area (Å²) < 4.78 is 5.78. The largest absolute Gasteiger partial charge is 0.486 e. The number of ether oxygens (including phenoxy) is 1. The number of aromatic nitrogens is 1. The molecule has 0 atom stereocenters. The maximum Gasteiger partial charge on any atom is 0.140 e. The van der Waals surface area contributed by atoms with Crippen molar-refractivity contribution >= 4 is 11.3 Å². The number of hydrogen-bond donors (Lipinski definition) is 1. The zero-order valence-electron chi connectivity index (χ0n) is 9.85. The lowest BCUT2D eigenvalue weighted by molar-refractivity contribution is 0.302. The number of hydrogen-bond acceptors (Lipinski definition) is 4. The van der Waals surface area contributed by atoms with Gasteiger partial charge in [-0.3, -0.25) is 0 Å². The van der Waals surface area contributed by atoms with Gasteiger partial charge in [-0.05, 0) is 31.5 Å². The second-order valence-electron chi connectivity index (χ2n) is 3.82. The van der Waals surface area contributed by atoms with Crippen LogP contribution in [0, 0.1) is 6.92 Å². The molecule has 0 fully saturated rings. The van der Waals surface area contributed by atoms with E-state index in [9.17, 15) is 0 Å². The quantitative estimate of drug-likeness (QED) is 0.884. The first-order valence-corrected chi connectivity index (χ1v) is 6.49. The van der Waals surface area contributed by atoms with E-state index in [2.05, 4.69) is 11.1 Å². The van der Waals surface area contributed by atoms with Crippen molar-refractivity contribution in [3.63, 3.8) is 0 Å². The molecule has 0 aliphatic carbocycles. The molecule has 3 nitrogen and oxygen atoms in total. The predicted octanol–water partition coefficient (Wildman–Crippen LogP) is 2.53. The van der Waals surface area contributed by atoms with Crippen molar-refractivity contribution in [3.8, 4) is 5.75 Å². The van der Waals surface area contributed by atoms with E-state index in [1.54, 1.807) is 11.3 Å². The molecule has 0 saturated heterocycles. The molecule has 2 aromatic rings. The first-order valence-electron chi connectivity index (χ1n) is 5.61. The van der Waals surface area contributed by atoms with E-state index in [4.69, 9.17) is 10.5 Å². The van der Waals surface area contributed by atoms with Crippen molar-refractivity contribution in [2.45, 2.75) is 20.0 Å². The lowest BCUT2D eigenvalue weighted by Crippen LogP contribution is -2.05. The minimum atomic E-state index is 0.528. The second-order valence-corrected chi connectivity index (χ2v) is 4.76. The molecule has 0 bridgehead atoms. The van der Waals surface area contributed by atoms with E-state index in [0.29, 0.717) is 13.2 Å². The van der Waals surface area contributed by atoms with Crippen LogP contribution in [-0.4, -0.2) is 11.5 Å². The Hall–Kier alpha value is -1.39. The average Bonchev–Trinajstić information content (AvgIpc) is 2.74. The highest BCUT2D eigenvalue weighted by Crippen LogP contribution is 2.20. The Kier molecular flexibility index (Phi) is 4.12. The zero-order chi connectivity index (χ0) is 12.1. The highest BCUT2D eigenvalue weighted by atomic mass is 32.1. The van der Waals surface area contributed by atoms with Crippen molar-refractivity contribution in [3.05, 3.63) is 45.9 Å². The van der Waals surface area contributed by atoms with Gasteiger partial charge in [-0.25, -0.2) is 4.98 Å². The van der Waals surface area contributed by atoms with Crippen LogP contribution >= 0.6 is 11.3 Å². The third-order valence-corrected chi connectivity index (χ3v) is 3.34. The fourth-order valence-electron chi connectivity index (χ4n) is 1.62. The monoisotopic (exact) mass is 248 g/mol. The van der Waals surface area contributed by atoms with Gasteiger partial charge in [0.05, 0.1) is 0 Å². The number of thiazole rings is 1. The molecule has 90 valence electrons. The zero-order valence-corrected chi connectivity index (χ0v) is 10.7. The van der Waals surface area contributed by atoms with E-state index in [0.717, 1.165) is 28.4 Å². The van der Waals surface area contributed by atoms with Gasteiger partial charge >= 0.3 is 0 Å². The lowest BCUT2D eigenvalue weighted by atomic mass is 10.1. The van der Waals surface area contributed by atoms with Crippen LogP contribution in [-0.2, 0) is 13.0 Å². The molecule has 0 spiro atoms. The third kappa shape index (κ3) is 3.28. The van der Waals surface area contributed by atoms with Gasteiger partial charge in [0, 0.05) is 11.1 Å². The minimum absolute atomic E-state index is 0.528. The Morgan fingerprint density at radius 2 is 2.18 bits per heavy atom. The smallest absolute Gasteiger partial charge is 0.140 e. The van der Waals surface area contributed by atoms with Gasteiger partial charge in [-0.15, -0.1) is 11.3 Å². The summed E-state index contributed by atoms with van der Waals surface area (Å²) in [4.78, 5) is 4.37. The number of nitrogens with zero attached hydrogens (tertiary/aromatic N) is 1. The van der Waals surface area contributed by atoms with Crippen LogP contribution in [0.2, 0.25) is 0 Å². The van der Waals surface area contributed by atoms with Crippen molar-refractivity contribution in [1.82, 2.24) is 4.98 Å². The highest BCUT2D eigenvalue weighted by molar-refractivity contribution is 7.09. The number of para-hydroxylation sites is 1. The normalized spacial score (nSPS) is 10.5. The summed E-state index contributed by atoms with van der Waals surface area (Å²) in [6.45, 7) is 3.15. The van der Waals surface area contributed by atoms with Gasteiger partial charge in [0.25, 0.3) is 0 Å². The molecule has 0 aliphatic rings. The maximum atomic E-state index is 5.78. The Balaban J connectivity index is 2.03. The summed E-state index contributed by atoms with van der Waals surface area (Å²) >= 11 is 1.63. The second kappa shape index (κ2) is 5.80. The van der Waals surface area contributed by atoms with E-state index in [-0.39, 0.29) is 0 Å². The number of nitrogens with two attached hydrogens (primary N) is 1. The SMILES string of the molecule is Cc1csc(COc2ccccc2CCN)n1. The Morgan fingerprint density at radius 1 is 1.35 bits per heavy atom. The summed E-state index contributed by atoms with van der Waals surface area (Å²) in [7, 11) is 0. The molecule has 0 aliphatic heterocycles. The van der Waals surface area contributed by atoms with Crippen LogP contribution in [0.25, 0.3) is 0 Å². The van der Waals surface area contributed by atoms with E-state index in [1.165, 1.54) is 0 Å². The molecule has 1 heterocycles. The lowest BCUT2D eigenvalue weighted by Gasteiger charge is -2.09. The molecule has 1 aromatic carbocycles. The molecule has 0 amide bonds. The summed E-state index contributed by atoms with van der Waals surface area (Å²) in [5.74, 6) is 0.908. The van der Waals surface area contributed by atoms with Gasteiger partial charge in [0.15, 0.2) is 0 Å². The van der Waals surface area contributed by atoms with Gasteiger partial charge in [0.2, 0.25) is 0 Å². The van der Waals surface area contributed by atoms with Crippen LogP contribution in [0.1, 0.15) is 16.3 Å². The average molecular weight is 248 g/mol. The summed E-state index contributed by atoms with van der Waals surface area (Å²) in [6.07, 6.45) is 0.840. The van der Waals surface area contributed by atoms with E-state index in [1.807, 2.05) is 30.5 Å². The van der Waals surface area contributed by atoms with Gasteiger partial charge in [-0.2, -0.15) is 0 Å². The van der Waals surface area contributed by atoms with Crippen molar-refractivity contribution in [1.29, 1.82) is 0 Å². The van der Waals surface area contributed by atoms with E-state index >= 15 is 0 Å². The number of rotatable bonds is 5. The van der Waals surface area contributed by atoms with Crippen LogP contribution in [0.5, 0.6) is 5.75 Å². The Bertz CT molecular complexity index is 482. The molecule has 2 rings (SSSR count). The molecule has 2 N–H and O–H groups in total. The highest BCUT2D eigenvalue weighted by Gasteiger charge is 2.04. The molecule has 0 saturated carbocycles. The summed E-state index contributed by atoms with van der Waals surface area (Å²) in [5, 5.41) is 3.04. The fourth-order valence-corrected chi connectivity index (χ4v) is 2.30. The van der Waals surface area contributed by atoms with Gasteiger partial charge in [-0.1, -0.05) is 18.2 Å². The number of aryl methyl sites for hydroxylation is 1. The van der Waals surface area contributed by atoms with Crippen LogP contribution < -0.4 is 10.5 Å². The molecule has 0 unspecified atom stereocenters. The summed E-state index contributed by atoms with van der Waals surface area (Å²) in [6, 6.07) is 8.01. The van der Waals surface area contributed by atoms with Crippen LogP contribution in [0.3, 0.4) is 0 Å². The minimum Gasteiger partial charge on any atom is -0.486 e. The van der Waals surface area contributed by atoms with Crippen molar-refractivity contribution < 1.29 is 4.74 Å². The van der Waals surface area contributed by atoms with Crippen LogP contribution in [0.4, 0.5) is 0 Å². The predicted molar refractivity (Wildman–Crippen MR) is 70.4 cm³/mol. The topological polar surface area (TPSA) is 48.1 Å². The third-order valence-electron chi connectivity index (χ3n) is 2.40. The molecule has 1 aromatic heterocycles. The maximum absolute atomic E-state index is 5.78.